The van der Waals surface area contributed by atoms with Gasteiger partial charge in [0.25, 0.3) is 0 Å². The second-order valence-corrected chi connectivity index (χ2v) is 16.0. The van der Waals surface area contributed by atoms with Crippen LogP contribution in [-0.2, 0) is 27.2 Å². The van der Waals surface area contributed by atoms with Crippen LogP contribution in [0.15, 0.2) is 78.9 Å². The molecule has 1 saturated heterocycles. The van der Waals surface area contributed by atoms with Gasteiger partial charge in [0.1, 0.15) is 13.2 Å². The van der Waals surface area contributed by atoms with E-state index >= 15 is 0 Å². The lowest BCUT2D eigenvalue weighted by molar-refractivity contribution is -0.137. The van der Waals surface area contributed by atoms with Crippen LogP contribution in [0.25, 0.3) is 0 Å². The fourth-order valence-electron chi connectivity index (χ4n) is 4.06. The van der Waals surface area contributed by atoms with Gasteiger partial charge in [0, 0.05) is 5.92 Å². The maximum Gasteiger partial charge on any atom is 0.306 e. The highest BCUT2D eigenvalue weighted by atomic mass is 28.4. The van der Waals surface area contributed by atoms with Gasteiger partial charge in [-0.3, -0.25) is 4.79 Å². The fourth-order valence-corrected chi connectivity index (χ4v) is 5.38. The van der Waals surface area contributed by atoms with E-state index in [1.165, 1.54) is 0 Å². The molecule has 3 aromatic carbocycles. The third kappa shape index (κ3) is 7.02. The van der Waals surface area contributed by atoms with Crippen LogP contribution in [0.3, 0.4) is 0 Å². The summed E-state index contributed by atoms with van der Waals surface area (Å²) < 4.78 is 24.8. The molecule has 196 valence electrons. The lowest BCUT2D eigenvalue weighted by Crippen LogP contribution is -2.43. The normalized spacial score (nSPS) is 16.8. The highest BCUT2D eigenvalue weighted by Crippen LogP contribution is 2.44. The molecular weight excluding hydrogens is 480 g/mol. The van der Waals surface area contributed by atoms with Crippen molar-refractivity contribution in [2.24, 2.45) is 5.92 Å². The molecule has 2 atom stereocenters. The predicted octanol–water partition coefficient (Wildman–Crippen LogP) is 7.47. The molecular formula is C31H38O5Si. The van der Waals surface area contributed by atoms with Gasteiger partial charge >= 0.3 is 5.97 Å². The number of carbonyl (C=O) groups is 1. The molecule has 6 heteroatoms. The summed E-state index contributed by atoms with van der Waals surface area (Å²) in [5.41, 5.74) is 3.13. The SMILES string of the molecule is CC(C)(C)[Si](C)(C)O[C@@H](c1ccc(OCc2ccccc2)c(OCc2ccccc2)c1)[C@H]1COC(=O)C1. The highest BCUT2D eigenvalue weighted by molar-refractivity contribution is 6.74. The second kappa shape index (κ2) is 11.5. The lowest BCUT2D eigenvalue weighted by atomic mass is 9.95. The second-order valence-electron chi connectivity index (χ2n) is 11.2. The molecule has 4 rings (SSSR count). The van der Waals surface area contributed by atoms with Gasteiger partial charge in [-0.15, -0.1) is 0 Å². The molecule has 0 saturated carbocycles. The van der Waals surface area contributed by atoms with Gasteiger partial charge in [-0.25, -0.2) is 0 Å². The van der Waals surface area contributed by atoms with Crippen LogP contribution in [0.1, 0.15) is 50.0 Å². The zero-order valence-electron chi connectivity index (χ0n) is 22.5. The third-order valence-electron chi connectivity index (χ3n) is 7.31. The van der Waals surface area contributed by atoms with Crippen LogP contribution in [0.5, 0.6) is 11.5 Å². The topological polar surface area (TPSA) is 54.0 Å². The summed E-state index contributed by atoms with van der Waals surface area (Å²) in [5, 5.41) is 0.0279. The quantitative estimate of drug-likeness (QED) is 0.206. The van der Waals surface area contributed by atoms with Gasteiger partial charge in [0.15, 0.2) is 19.8 Å². The standard InChI is InChI=1S/C31H38O5Si/c1-31(2,3)37(4,5)36-30(26-19-29(32)35-22-26)25-16-17-27(33-20-23-12-8-6-9-13-23)28(18-25)34-21-24-14-10-7-11-15-24/h6-18,26,30H,19-22H2,1-5H3/t26-,30+/m1/s1. The summed E-state index contributed by atoms with van der Waals surface area (Å²) in [4.78, 5) is 12.0. The molecule has 0 aliphatic carbocycles. The van der Waals surface area contributed by atoms with Gasteiger partial charge in [-0.2, -0.15) is 0 Å². The van der Waals surface area contributed by atoms with Crippen LogP contribution < -0.4 is 9.47 Å². The number of ether oxygens (including phenoxy) is 3. The molecule has 5 nitrogen and oxygen atoms in total. The van der Waals surface area contributed by atoms with Crippen LogP contribution in [0, 0.1) is 5.92 Å². The minimum atomic E-state index is -2.14. The van der Waals surface area contributed by atoms with Crippen molar-refractivity contribution < 1.29 is 23.4 Å². The Balaban J connectivity index is 1.65. The van der Waals surface area contributed by atoms with Crippen molar-refractivity contribution in [3.8, 4) is 11.5 Å². The molecule has 0 spiro atoms. The Kier molecular flexibility index (Phi) is 8.40. The zero-order chi connectivity index (χ0) is 26.5. The van der Waals surface area contributed by atoms with Gasteiger partial charge in [0.05, 0.1) is 19.1 Å². The zero-order valence-corrected chi connectivity index (χ0v) is 23.5. The first-order valence-corrected chi connectivity index (χ1v) is 15.8. The molecule has 0 radical (unpaired) electrons. The molecule has 1 heterocycles. The van der Waals surface area contributed by atoms with E-state index < -0.39 is 8.32 Å². The number of carbonyl (C=O) groups excluding carboxylic acids is 1. The summed E-state index contributed by atoms with van der Waals surface area (Å²) in [6, 6.07) is 26.2. The van der Waals surface area contributed by atoms with Crippen molar-refractivity contribution in [1.29, 1.82) is 0 Å². The number of cyclic esters (lactones) is 1. The molecule has 1 fully saturated rings. The van der Waals surface area contributed by atoms with Crippen molar-refractivity contribution >= 4 is 14.3 Å². The van der Waals surface area contributed by atoms with Crippen molar-refractivity contribution in [1.82, 2.24) is 0 Å². The van der Waals surface area contributed by atoms with E-state index in [2.05, 4.69) is 33.9 Å². The molecule has 0 unspecified atom stereocenters. The van der Waals surface area contributed by atoms with E-state index in [1.54, 1.807) is 0 Å². The fraction of sp³-hybridized carbons (Fsp3) is 0.387. The van der Waals surface area contributed by atoms with Gasteiger partial charge in [0.2, 0.25) is 0 Å². The smallest absolute Gasteiger partial charge is 0.306 e. The van der Waals surface area contributed by atoms with Crippen molar-refractivity contribution in [2.75, 3.05) is 6.61 Å². The lowest BCUT2D eigenvalue weighted by Gasteiger charge is -2.40. The number of rotatable bonds is 10. The average molecular weight is 519 g/mol. The minimum absolute atomic E-state index is 0.0279. The molecule has 0 N–H and O–H groups in total. The average Bonchev–Trinajstić information content (AvgIpc) is 3.31. The molecule has 37 heavy (non-hydrogen) atoms. The predicted molar refractivity (Wildman–Crippen MR) is 148 cm³/mol. The Morgan fingerprint density at radius 1 is 0.865 bits per heavy atom. The Morgan fingerprint density at radius 3 is 1.95 bits per heavy atom. The molecule has 0 aromatic heterocycles. The first-order valence-electron chi connectivity index (χ1n) is 12.9. The Labute approximate surface area is 221 Å². The summed E-state index contributed by atoms with van der Waals surface area (Å²) in [6.07, 6.45) is 0.0840. The summed E-state index contributed by atoms with van der Waals surface area (Å²) in [6.45, 7) is 12.4. The third-order valence-corrected chi connectivity index (χ3v) is 11.8. The van der Waals surface area contributed by atoms with E-state index in [4.69, 9.17) is 18.6 Å². The van der Waals surface area contributed by atoms with Crippen LogP contribution in [0.4, 0.5) is 0 Å². The van der Waals surface area contributed by atoms with E-state index in [9.17, 15) is 4.79 Å². The summed E-state index contributed by atoms with van der Waals surface area (Å²) in [5.74, 6) is 1.12. The molecule has 0 amide bonds. The maximum absolute atomic E-state index is 12.0. The number of benzene rings is 3. The Bertz CT molecular complexity index is 1170. The maximum atomic E-state index is 12.0. The number of esters is 1. The first kappa shape index (κ1) is 27.0. The van der Waals surface area contributed by atoms with Gasteiger partial charge in [-0.1, -0.05) is 87.5 Å². The first-order chi connectivity index (χ1) is 17.6. The van der Waals surface area contributed by atoms with Crippen LogP contribution in [-0.4, -0.2) is 20.9 Å². The van der Waals surface area contributed by atoms with E-state index in [1.807, 2.05) is 78.9 Å². The minimum Gasteiger partial charge on any atom is -0.485 e. The van der Waals surface area contributed by atoms with Gasteiger partial charge in [-0.05, 0) is 47.0 Å². The molecule has 3 aromatic rings. The van der Waals surface area contributed by atoms with Crippen LogP contribution >= 0.6 is 0 Å². The van der Waals surface area contributed by atoms with E-state index in [-0.39, 0.29) is 23.0 Å². The number of hydrogen-bond acceptors (Lipinski definition) is 5. The van der Waals surface area contributed by atoms with Gasteiger partial charge < -0.3 is 18.6 Å². The summed E-state index contributed by atoms with van der Waals surface area (Å²) >= 11 is 0. The molecule has 1 aliphatic rings. The largest absolute Gasteiger partial charge is 0.485 e. The highest BCUT2D eigenvalue weighted by Gasteiger charge is 2.43. The van der Waals surface area contributed by atoms with Crippen molar-refractivity contribution in [3.05, 3.63) is 95.6 Å². The van der Waals surface area contributed by atoms with E-state index in [0.717, 1.165) is 16.7 Å². The molecule has 0 bridgehead atoms. The van der Waals surface area contributed by atoms with E-state index in [0.29, 0.717) is 37.7 Å². The summed E-state index contributed by atoms with van der Waals surface area (Å²) in [7, 11) is -2.14. The Morgan fingerprint density at radius 2 is 1.43 bits per heavy atom. The van der Waals surface area contributed by atoms with Crippen LogP contribution in [0.2, 0.25) is 18.1 Å². The number of hydrogen-bond donors (Lipinski definition) is 0. The van der Waals surface area contributed by atoms with Crippen molar-refractivity contribution in [3.63, 3.8) is 0 Å². The molecule has 1 aliphatic heterocycles. The van der Waals surface area contributed by atoms with Crippen molar-refractivity contribution in [2.45, 2.75) is 64.6 Å². The monoisotopic (exact) mass is 518 g/mol. The Hall–Kier alpha value is -3.09.